The fraction of sp³-hybridized carbons (Fsp3) is 0.786. The van der Waals surface area contributed by atoms with Gasteiger partial charge in [-0.05, 0) is 6.42 Å². The molecule has 0 aromatic rings. The minimum atomic E-state index is -1.10. The van der Waals surface area contributed by atoms with Crippen molar-refractivity contribution in [3.05, 3.63) is 0 Å². The van der Waals surface area contributed by atoms with E-state index in [1.165, 1.54) is 4.90 Å². The molecule has 7 nitrogen and oxygen atoms in total. The number of nitrogens with one attached hydrogen (secondary N) is 1. The fourth-order valence-corrected chi connectivity index (χ4v) is 2.17. The Hall–Kier alpha value is -1.63. The highest BCUT2D eigenvalue weighted by Crippen LogP contribution is 2.19. The number of nitrogens with zero attached hydrogens (tertiary/aromatic N) is 1. The molecule has 1 rings (SSSR count). The molecule has 1 fully saturated rings. The second kappa shape index (κ2) is 6.89. The van der Waals surface area contributed by atoms with E-state index in [0.717, 1.165) is 0 Å². The number of aliphatic hydroxyl groups is 1. The van der Waals surface area contributed by atoms with E-state index in [2.05, 4.69) is 5.32 Å². The Morgan fingerprint density at radius 3 is 2.43 bits per heavy atom. The van der Waals surface area contributed by atoms with Crippen LogP contribution in [-0.2, 0) is 14.4 Å². The van der Waals surface area contributed by atoms with Gasteiger partial charge < -0.3 is 20.4 Å². The van der Waals surface area contributed by atoms with Gasteiger partial charge in [-0.2, -0.15) is 0 Å². The molecule has 1 aliphatic heterocycles. The van der Waals surface area contributed by atoms with Crippen molar-refractivity contribution in [1.29, 1.82) is 0 Å². The molecule has 0 radical (unpaired) electrons. The first-order valence-corrected chi connectivity index (χ1v) is 7.11. The molecular weight excluding hydrogens is 276 g/mol. The predicted octanol–water partition coefficient (Wildman–Crippen LogP) is -0.0247. The van der Waals surface area contributed by atoms with Crippen molar-refractivity contribution in [3.8, 4) is 0 Å². The van der Waals surface area contributed by atoms with Crippen molar-refractivity contribution in [1.82, 2.24) is 10.2 Å². The van der Waals surface area contributed by atoms with Gasteiger partial charge in [0.2, 0.25) is 11.8 Å². The minimum absolute atomic E-state index is 0.0597. The summed E-state index contributed by atoms with van der Waals surface area (Å²) >= 11 is 0. The number of carbonyl (C=O) groups excluding carboxylic acids is 2. The molecule has 0 unspecified atom stereocenters. The summed E-state index contributed by atoms with van der Waals surface area (Å²) < 4.78 is 0. The van der Waals surface area contributed by atoms with Gasteiger partial charge in [-0.1, -0.05) is 20.8 Å². The van der Waals surface area contributed by atoms with Crippen LogP contribution >= 0.6 is 0 Å². The number of rotatable bonds is 5. The molecule has 1 heterocycles. The molecule has 7 heteroatoms. The first kappa shape index (κ1) is 17.4. The number of hydrogen-bond acceptors (Lipinski definition) is 4. The lowest BCUT2D eigenvalue weighted by atomic mass is 9.96. The van der Waals surface area contributed by atoms with Gasteiger partial charge in [0.05, 0.1) is 6.10 Å². The van der Waals surface area contributed by atoms with Crippen molar-refractivity contribution >= 4 is 17.8 Å². The highest BCUT2D eigenvalue weighted by Gasteiger charge is 2.38. The lowest BCUT2D eigenvalue weighted by Gasteiger charge is -2.21. The van der Waals surface area contributed by atoms with E-state index in [1.54, 1.807) is 20.8 Å². The summed E-state index contributed by atoms with van der Waals surface area (Å²) in [5, 5.41) is 21.2. The number of likely N-dealkylation sites (tertiary alicyclic amines) is 1. The van der Waals surface area contributed by atoms with Crippen molar-refractivity contribution in [2.75, 3.05) is 13.1 Å². The lowest BCUT2D eigenvalue weighted by molar-refractivity contribution is -0.148. The molecule has 1 aliphatic rings. The van der Waals surface area contributed by atoms with Crippen LogP contribution in [0.15, 0.2) is 0 Å². The summed E-state index contributed by atoms with van der Waals surface area (Å²) in [6, 6.07) is -0.948. The number of carbonyl (C=O) groups is 3. The molecule has 3 N–H and O–H groups in total. The molecule has 0 bridgehead atoms. The Morgan fingerprint density at radius 1 is 1.29 bits per heavy atom. The van der Waals surface area contributed by atoms with E-state index in [1.807, 2.05) is 0 Å². The van der Waals surface area contributed by atoms with Crippen molar-refractivity contribution in [2.45, 2.75) is 52.2 Å². The van der Waals surface area contributed by atoms with E-state index in [0.29, 0.717) is 13.0 Å². The van der Waals surface area contributed by atoms with Gasteiger partial charge in [0.1, 0.15) is 6.04 Å². The van der Waals surface area contributed by atoms with E-state index < -0.39 is 23.5 Å². The summed E-state index contributed by atoms with van der Waals surface area (Å²) in [6.07, 6.45) is -0.113. The van der Waals surface area contributed by atoms with Gasteiger partial charge in [0.15, 0.2) is 0 Å². The van der Waals surface area contributed by atoms with Crippen molar-refractivity contribution in [3.63, 3.8) is 0 Å². The van der Waals surface area contributed by atoms with Gasteiger partial charge in [-0.15, -0.1) is 0 Å². The summed E-state index contributed by atoms with van der Waals surface area (Å²) in [4.78, 5) is 35.9. The van der Waals surface area contributed by atoms with Crippen molar-refractivity contribution < 1.29 is 24.6 Å². The number of amides is 2. The molecule has 2 atom stereocenters. The van der Waals surface area contributed by atoms with Crippen LogP contribution in [0, 0.1) is 5.41 Å². The zero-order valence-corrected chi connectivity index (χ0v) is 12.8. The zero-order valence-electron chi connectivity index (χ0n) is 12.8. The van der Waals surface area contributed by atoms with E-state index in [4.69, 9.17) is 5.11 Å². The number of carboxylic acid groups (broad SMARTS) is 1. The molecule has 21 heavy (non-hydrogen) atoms. The van der Waals surface area contributed by atoms with Crippen LogP contribution in [-0.4, -0.2) is 58.1 Å². The molecule has 1 saturated heterocycles. The number of β-amino-alcohol motifs (C(OH)–C–C–N with tert-alkyl or cyclic N) is 1. The minimum Gasteiger partial charge on any atom is -0.480 e. The molecule has 0 saturated carbocycles. The van der Waals surface area contributed by atoms with Crippen LogP contribution in [0.5, 0.6) is 0 Å². The fourth-order valence-electron chi connectivity index (χ4n) is 2.17. The SMILES string of the molecule is CC(C)(C)C(=O)NCCCC(=O)N1C[C@H](O)C[C@@H]1C(=O)O. The second-order valence-electron chi connectivity index (χ2n) is 6.40. The van der Waals surface area contributed by atoms with Gasteiger partial charge in [0.25, 0.3) is 0 Å². The molecule has 0 spiro atoms. The van der Waals surface area contributed by atoms with Crippen LogP contribution in [0.3, 0.4) is 0 Å². The van der Waals surface area contributed by atoms with Crippen LogP contribution in [0.2, 0.25) is 0 Å². The Morgan fingerprint density at radius 2 is 1.90 bits per heavy atom. The summed E-state index contributed by atoms with van der Waals surface area (Å²) in [7, 11) is 0. The average molecular weight is 300 g/mol. The first-order valence-electron chi connectivity index (χ1n) is 7.11. The highest BCUT2D eigenvalue weighted by atomic mass is 16.4. The Balaban J connectivity index is 2.37. The van der Waals surface area contributed by atoms with Gasteiger partial charge in [-0.25, -0.2) is 4.79 Å². The molecular formula is C14H24N2O5. The summed E-state index contributed by atoms with van der Waals surface area (Å²) in [5.41, 5.74) is -0.475. The van der Waals surface area contributed by atoms with E-state index >= 15 is 0 Å². The molecule has 2 amide bonds. The highest BCUT2D eigenvalue weighted by molar-refractivity contribution is 5.84. The maximum absolute atomic E-state index is 12.0. The monoisotopic (exact) mass is 300 g/mol. The second-order valence-corrected chi connectivity index (χ2v) is 6.40. The number of aliphatic carboxylic acids is 1. The standard InChI is InChI=1S/C14H24N2O5/c1-14(2,3)13(21)15-6-4-5-11(18)16-8-9(17)7-10(16)12(19)20/h9-10,17H,4-8H2,1-3H3,(H,15,21)(H,19,20)/t9-,10-/m1/s1. The van der Waals surface area contributed by atoms with Gasteiger partial charge in [0, 0.05) is 31.3 Å². The third-order valence-electron chi connectivity index (χ3n) is 3.42. The first-order chi connectivity index (χ1) is 9.62. The van der Waals surface area contributed by atoms with Crippen LogP contribution in [0.1, 0.15) is 40.0 Å². The Bertz CT molecular complexity index is 416. The van der Waals surface area contributed by atoms with Gasteiger partial charge >= 0.3 is 5.97 Å². The van der Waals surface area contributed by atoms with Crippen LogP contribution in [0.25, 0.3) is 0 Å². The van der Waals surface area contributed by atoms with E-state index in [9.17, 15) is 19.5 Å². The molecule has 0 aromatic heterocycles. The third-order valence-corrected chi connectivity index (χ3v) is 3.42. The number of aliphatic hydroxyl groups excluding tert-OH is 1. The largest absolute Gasteiger partial charge is 0.480 e. The quantitative estimate of drug-likeness (QED) is 0.618. The maximum atomic E-state index is 12.0. The topological polar surface area (TPSA) is 107 Å². The van der Waals surface area contributed by atoms with Crippen molar-refractivity contribution in [2.24, 2.45) is 5.41 Å². The predicted molar refractivity (Wildman–Crippen MR) is 75.5 cm³/mol. The normalized spacial score (nSPS) is 22.2. The Kier molecular flexibility index (Phi) is 5.71. The average Bonchev–Trinajstić information content (AvgIpc) is 2.75. The molecule has 0 aromatic carbocycles. The van der Waals surface area contributed by atoms with Crippen LogP contribution in [0.4, 0.5) is 0 Å². The molecule has 0 aliphatic carbocycles. The lowest BCUT2D eigenvalue weighted by Crippen LogP contribution is -2.41. The van der Waals surface area contributed by atoms with Gasteiger partial charge in [-0.3, -0.25) is 9.59 Å². The van der Waals surface area contributed by atoms with E-state index in [-0.39, 0.29) is 31.2 Å². The molecule has 120 valence electrons. The van der Waals surface area contributed by atoms with Crippen LogP contribution < -0.4 is 5.32 Å². The number of carboxylic acids is 1. The summed E-state index contributed by atoms with van der Waals surface area (Å²) in [5.74, 6) is -1.49. The smallest absolute Gasteiger partial charge is 0.326 e. The maximum Gasteiger partial charge on any atom is 0.326 e. The summed E-state index contributed by atoms with van der Waals surface area (Å²) in [6.45, 7) is 5.84. The number of hydrogen-bond donors (Lipinski definition) is 3. The third kappa shape index (κ3) is 5.00. The Labute approximate surface area is 124 Å². The zero-order chi connectivity index (χ0) is 16.2.